The molecule has 190 valence electrons. The molecule has 3 aromatic carbocycles. The average molecular weight is 516 g/mol. The first-order chi connectivity index (χ1) is 18.3. The maximum absolute atomic E-state index is 5.37. The minimum atomic E-state index is 0.126. The lowest BCUT2D eigenvalue weighted by atomic mass is 9.70. The summed E-state index contributed by atoms with van der Waals surface area (Å²) in [6.07, 6.45) is 2.44. The zero-order valence-corrected chi connectivity index (χ0v) is 23.6. The van der Waals surface area contributed by atoms with Crippen LogP contribution in [0.3, 0.4) is 0 Å². The van der Waals surface area contributed by atoms with E-state index in [-0.39, 0.29) is 10.8 Å². The second kappa shape index (κ2) is 8.25. The van der Waals surface area contributed by atoms with Crippen molar-refractivity contribution in [1.82, 2.24) is 9.97 Å². The van der Waals surface area contributed by atoms with E-state index in [4.69, 9.17) is 9.97 Å². The number of nitrogens with zero attached hydrogens (tertiary/aromatic N) is 3. The number of aryl methyl sites for hydroxylation is 2. The van der Waals surface area contributed by atoms with Gasteiger partial charge in [-0.25, -0.2) is 9.97 Å². The van der Waals surface area contributed by atoms with E-state index >= 15 is 0 Å². The van der Waals surface area contributed by atoms with Gasteiger partial charge in [0.05, 0.1) is 16.3 Å². The highest BCUT2D eigenvalue weighted by Crippen LogP contribution is 2.67. The molecule has 7 rings (SSSR count). The highest BCUT2D eigenvalue weighted by Gasteiger charge is 2.61. The van der Waals surface area contributed by atoms with Gasteiger partial charge in [-0.15, -0.1) is 11.3 Å². The Morgan fingerprint density at radius 1 is 0.763 bits per heavy atom. The van der Waals surface area contributed by atoms with Gasteiger partial charge in [0, 0.05) is 33.3 Å². The van der Waals surface area contributed by atoms with Gasteiger partial charge in [-0.3, -0.25) is 0 Å². The number of thiophene rings is 1. The van der Waals surface area contributed by atoms with Crippen molar-refractivity contribution < 1.29 is 0 Å². The Bertz CT molecular complexity index is 1670. The molecular weight excluding hydrogens is 482 g/mol. The second-order valence-electron chi connectivity index (χ2n) is 11.8. The van der Waals surface area contributed by atoms with Gasteiger partial charge in [-0.05, 0) is 74.1 Å². The van der Waals surface area contributed by atoms with E-state index in [0.717, 1.165) is 28.1 Å². The quantitative estimate of drug-likeness (QED) is 0.239. The number of fused-ring (bicyclic) bond motifs is 6. The van der Waals surface area contributed by atoms with Crippen LogP contribution in [0.15, 0.2) is 78.9 Å². The Hall–Kier alpha value is -3.50. The molecule has 0 saturated heterocycles. The molecule has 2 atom stereocenters. The third-order valence-corrected chi connectivity index (χ3v) is 10.6. The van der Waals surface area contributed by atoms with Crippen molar-refractivity contribution in [3.05, 3.63) is 101 Å². The van der Waals surface area contributed by atoms with Gasteiger partial charge < -0.3 is 4.90 Å². The molecule has 3 nitrogen and oxygen atoms in total. The van der Waals surface area contributed by atoms with E-state index in [9.17, 15) is 0 Å². The van der Waals surface area contributed by atoms with Crippen LogP contribution < -0.4 is 4.90 Å². The Kier molecular flexibility index (Phi) is 5.12. The maximum atomic E-state index is 5.37. The van der Waals surface area contributed by atoms with Crippen molar-refractivity contribution in [2.75, 3.05) is 4.90 Å². The standard InChI is InChI=1S/C34H33N3S/c1-21-11-15-25(16-12-21)37(24-9-7-6-8-10-24)26-17-13-23(14-18-26)31-30-28(22(2)38-31)36-32-29(35-30)27-19-20-34(32,5)33(27,3)4/h6-18,27H,19-20H2,1-5H3. The molecule has 1 fully saturated rings. The van der Waals surface area contributed by atoms with E-state index in [1.807, 2.05) is 11.3 Å². The zero-order valence-electron chi connectivity index (χ0n) is 22.7. The van der Waals surface area contributed by atoms with Gasteiger partial charge in [0.1, 0.15) is 11.0 Å². The Morgan fingerprint density at radius 2 is 1.39 bits per heavy atom. The minimum Gasteiger partial charge on any atom is -0.311 e. The van der Waals surface area contributed by atoms with Gasteiger partial charge in [0.15, 0.2) is 0 Å². The number of para-hydroxylation sites is 1. The van der Waals surface area contributed by atoms with Crippen LogP contribution in [-0.2, 0) is 5.41 Å². The molecule has 0 radical (unpaired) electrons. The van der Waals surface area contributed by atoms with Crippen molar-refractivity contribution in [3.8, 4) is 10.4 Å². The van der Waals surface area contributed by atoms with Gasteiger partial charge in [0.25, 0.3) is 0 Å². The van der Waals surface area contributed by atoms with E-state index < -0.39 is 0 Å². The summed E-state index contributed by atoms with van der Waals surface area (Å²) in [5.74, 6) is 0.503. The summed E-state index contributed by atoms with van der Waals surface area (Å²) in [5, 5.41) is 0. The molecule has 5 aromatic rings. The lowest BCUT2D eigenvalue weighted by Gasteiger charge is -2.34. The molecule has 2 unspecified atom stereocenters. The van der Waals surface area contributed by atoms with Crippen LogP contribution in [0.5, 0.6) is 0 Å². The first-order valence-corrected chi connectivity index (χ1v) is 14.4. The molecule has 2 aliphatic carbocycles. The normalized spacial score (nSPS) is 21.1. The number of benzene rings is 3. The average Bonchev–Trinajstić information content (AvgIpc) is 3.43. The van der Waals surface area contributed by atoms with Crippen molar-refractivity contribution in [2.24, 2.45) is 5.41 Å². The third-order valence-electron chi connectivity index (χ3n) is 9.50. The predicted molar refractivity (Wildman–Crippen MR) is 160 cm³/mol. The summed E-state index contributed by atoms with van der Waals surface area (Å²) in [5.41, 5.74) is 10.9. The third kappa shape index (κ3) is 3.26. The smallest absolute Gasteiger partial charge is 0.108 e. The SMILES string of the molecule is Cc1ccc(N(c2ccccc2)c2ccc(-c3sc(C)c4nc5c(nc34)C3CCC5(C)C3(C)C)cc2)cc1. The highest BCUT2D eigenvalue weighted by atomic mass is 32.1. The Morgan fingerprint density at radius 3 is 2.08 bits per heavy atom. The van der Waals surface area contributed by atoms with E-state index in [1.54, 1.807) is 0 Å². The van der Waals surface area contributed by atoms with Crippen molar-refractivity contribution in [2.45, 2.75) is 58.8 Å². The molecule has 1 saturated carbocycles. The van der Waals surface area contributed by atoms with Crippen LogP contribution in [0.25, 0.3) is 21.5 Å². The van der Waals surface area contributed by atoms with Crippen molar-refractivity contribution >= 4 is 39.4 Å². The summed E-state index contributed by atoms with van der Waals surface area (Å²) in [6.45, 7) is 11.6. The first kappa shape index (κ1) is 23.6. The van der Waals surface area contributed by atoms with Gasteiger partial charge in [0.2, 0.25) is 0 Å². The van der Waals surface area contributed by atoms with Crippen LogP contribution in [0.4, 0.5) is 17.1 Å². The van der Waals surface area contributed by atoms with Crippen LogP contribution in [0, 0.1) is 19.3 Å². The fourth-order valence-electron chi connectivity index (χ4n) is 6.83. The second-order valence-corrected chi connectivity index (χ2v) is 13.1. The molecule has 0 spiro atoms. The molecule has 0 aliphatic heterocycles. The van der Waals surface area contributed by atoms with Crippen LogP contribution in [0.2, 0.25) is 0 Å². The summed E-state index contributed by atoms with van der Waals surface area (Å²) in [6, 6.07) is 28.3. The monoisotopic (exact) mass is 515 g/mol. The zero-order chi connectivity index (χ0) is 26.2. The maximum Gasteiger partial charge on any atom is 0.108 e. The predicted octanol–water partition coefficient (Wildman–Crippen LogP) is 9.62. The minimum absolute atomic E-state index is 0.126. The Balaban J connectivity index is 1.32. The summed E-state index contributed by atoms with van der Waals surface area (Å²) in [4.78, 5) is 15.5. The fraction of sp³-hybridized carbons (Fsp3) is 0.294. The van der Waals surface area contributed by atoms with E-state index in [0.29, 0.717) is 5.92 Å². The molecule has 0 amide bonds. The molecule has 2 aromatic heterocycles. The van der Waals surface area contributed by atoms with Gasteiger partial charge in [-0.2, -0.15) is 0 Å². The molecule has 0 N–H and O–H groups in total. The highest BCUT2D eigenvalue weighted by molar-refractivity contribution is 7.17. The lowest BCUT2D eigenvalue weighted by molar-refractivity contribution is 0.227. The topological polar surface area (TPSA) is 29.0 Å². The Labute approximate surface area is 229 Å². The lowest BCUT2D eigenvalue weighted by Crippen LogP contribution is -2.31. The van der Waals surface area contributed by atoms with Crippen molar-refractivity contribution in [3.63, 3.8) is 0 Å². The number of hydrogen-bond acceptors (Lipinski definition) is 4. The molecular formula is C34H33N3S. The van der Waals surface area contributed by atoms with E-state index in [2.05, 4.69) is 118 Å². The van der Waals surface area contributed by atoms with Crippen molar-refractivity contribution in [1.29, 1.82) is 0 Å². The summed E-state index contributed by atoms with van der Waals surface area (Å²) >= 11 is 1.82. The van der Waals surface area contributed by atoms with E-state index in [1.165, 1.54) is 45.1 Å². The molecule has 2 bridgehead atoms. The molecule has 2 heterocycles. The number of hydrogen-bond donors (Lipinski definition) is 0. The fourth-order valence-corrected chi connectivity index (χ4v) is 7.87. The summed E-state index contributed by atoms with van der Waals surface area (Å²) in [7, 11) is 0. The summed E-state index contributed by atoms with van der Waals surface area (Å²) < 4.78 is 0. The molecule has 2 aliphatic rings. The van der Waals surface area contributed by atoms with Gasteiger partial charge in [-0.1, -0.05) is 68.8 Å². The van der Waals surface area contributed by atoms with Gasteiger partial charge >= 0.3 is 0 Å². The number of rotatable bonds is 4. The van der Waals surface area contributed by atoms with Crippen LogP contribution in [0.1, 0.15) is 61.4 Å². The molecule has 4 heteroatoms. The van der Waals surface area contributed by atoms with Crippen LogP contribution >= 0.6 is 11.3 Å². The van der Waals surface area contributed by atoms with Crippen LogP contribution in [-0.4, -0.2) is 9.97 Å². The first-order valence-electron chi connectivity index (χ1n) is 13.6. The molecule has 38 heavy (non-hydrogen) atoms. The largest absolute Gasteiger partial charge is 0.311 e. The number of anilines is 3. The number of aromatic nitrogens is 2.